The van der Waals surface area contributed by atoms with Crippen LogP contribution in [0.15, 0.2) is 40.2 Å². The zero-order valence-electron chi connectivity index (χ0n) is 22.8. The molecule has 0 fully saturated rings. The van der Waals surface area contributed by atoms with Gasteiger partial charge < -0.3 is 19.5 Å². The number of nitrogens with one attached hydrogen (secondary N) is 1. The van der Waals surface area contributed by atoms with Gasteiger partial charge in [-0.3, -0.25) is 18.7 Å². The van der Waals surface area contributed by atoms with Gasteiger partial charge in [0.1, 0.15) is 34.0 Å². The highest BCUT2D eigenvalue weighted by molar-refractivity contribution is 7.21. The topological polar surface area (TPSA) is 132 Å². The van der Waals surface area contributed by atoms with Crippen LogP contribution >= 0.6 is 11.3 Å². The van der Waals surface area contributed by atoms with Gasteiger partial charge in [-0.2, -0.15) is 10.2 Å². The molecule has 12 nitrogen and oxygen atoms in total. The number of amides is 1. The highest BCUT2D eigenvalue weighted by Crippen LogP contribution is 2.33. The van der Waals surface area contributed by atoms with E-state index < -0.39 is 35.6 Å². The molecule has 0 saturated carbocycles. The van der Waals surface area contributed by atoms with Crippen molar-refractivity contribution >= 4 is 27.5 Å². The van der Waals surface area contributed by atoms with E-state index in [1.165, 1.54) is 54.2 Å². The number of carbonyl (C=O) groups is 1. The van der Waals surface area contributed by atoms with Crippen molar-refractivity contribution in [2.75, 3.05) is 27.4 Å². The Labute approximate surface area is 232 Å². The normalized spacial score (nSPS) is 12.3. The fraction of sp³-hybridized carbons (Fsp3) is 0.423. The molecule has 0 saturated heterocycles. The Bertz CT molecular complexity index is 1610. The van der Waals surface area contributed by atoms with Crippen molar-refractivity contribution in [3.05, 3.63) is 68.4 Å². The lowest BCUT2D eigenvalue weighted by Gasteiger charge is -2.22. The smallest absolute Gasteiger partial charge is 0.332 e. The number of hydrogen-bond donors (Lipinski definition) is 1. The second-order valence-corrected chi connectivity index (χ2v) is 10.3. The van der Waals surface area contributed by atoms with Crippen LogP contribution in [0.3, 0.4) is 0 Å². The lowest BCUT2D eigenvalue weighted by atomic mass is 10.1. The van der Waals surface area contributed by atoms with E-state index >= 15 is 0 Å². The monoisotopic (exact) mass is 574 g/mol. The van der Waals surface area contributed by atoms with Crippen LogP contribution in [-0.4, -0.2) is 63.5 Å². The van der Waals surface area contributed by atoms with Crippen molar-refractivity contribution in [3.8, 4) is 10.8 Å². The summed E-state index contributed by atoms with van der Waals surface area (Å²) in [4.78, 5) is 41.9. The minimum Gasteiger partial charge on any atom is -0.496 e. The Kier molecular flexibility index (Phi) is 9.12. The molecule has 4 aromatic rings. The molecule has 4 rings (SSSR count). The molecule has 1 aromatic carbocycles. The molecule has 0 aliphatic rings. The van der Waals surface area contributed by atoms with E-state index in [1.807, 2.05) is 0 Å². The summed E-state index contributed by atoms with van der Waals surface area (Å²) in [5, 5.41) is 11.9. The van der Waals surface area contributed by atoms with Gasteiger partial charge in [-0.1, -0.05) is 11.3 Å². The van der Waals surface area contributed by atoms with Crippen LogP contribution in [0.1, 0.15) is 31.1 Å². The minimum atomic E-state index is -0.870. The summed E-state index contributed by atoms with van der Waals surface area (Å²) < 4.78 is 33.3. The standard InChI is InChI=1S/C26H31FN6O6S/c1-15(2)30-21(34)14-31-23(35)22-16(3)24(33-28-8-9-29-33)40-25(22)32(26(31)36)13-20(39-11-10-37-4)18-12-17(27)6-7-19(18)38-5/h6-9,12,15,20H,10-11,13-14H2,1-5H3,(H,30,34). The van der Waals surface area contributed by atoms with Crippen LogP contribution in [0, 0.1) is 12.7 Å². The van der Waals surface area contributed by atoms with Gasteiger partial charge in [0.15, 0.2) is 0 Å². The third-order valence-electron chi connectivity index (χ3n) is 6.11. The first-order valence-corrected chi connectivity index (χ1v) is 13.3. The summed E-state index contributed by atoms with van der Waals surface area (Å²) >= 11 is 1.15. The quantitative estimate of drug-likeness (QED) is 0.255. The number of halogens is 1. The van der Waals surface area contributed by atoms with E-state index in [1.54, 1.807) is 20.8 Å². The van der Waals surface area contributed by atoms with E-state index in [0.29, 0.717) is 26.7 Å². The van der Waals surface area contributed by atoms with Crippen molar-refractivity contribution in [3.63, 3.8) is 0 Å². The summed E-state index contributed by atoms with van der Waals surface area (Å²) in [5.41, 5.74) is -0.403. The fourth-order valence-electron chi connectivity index (χ4n) is 4.34. The number of thiophene rings is 1. The number of hydrogen-bond acceptors (Lipinski definition) is 9. The maximum atomic E-state index is 14.4. The molecule has 1 atom stereocenters. The molecule has 3 aromatic heterocycles. The maximum Gasteiger partial charge on any atom is 0.332 e. The number of fused-ring (bicyclic) bond motifs is 1. The van der Waals surface area contributed by atoms with Crippen molar-refractivity contribution in [2.24, 2.45) is 0 Å². The van der Waals surface area contributed by atoms with E-state index in [4.69, 9.17) is 14.2 Å². The van der Waals surface area contributed by atoms with Crippen LogP contribution in [-0.2, 0) is 27.4 Å². The molecule has 0 bridgehead atoms. The molecule has 214 valence electrons. The van der Waals surface area contributed by atoms with Crippen LogP contribution in [0.4, 0.5) is 4.39 Å². The first kappa shape index (κ1) is 29.1. The highest BCUT2D eigenvalue weighted by atomic mass is 32.1. The van der Waals surface area contributed by atoms with Crippen LogP contribution in [0.25, 0.3) is 15.2 Å². The number of nitrogens with zero attached hydrogens (tertiary/aromatic N) is 5. The highest BCUT2D eigenvalue weighted by Gasteiger charge is 2.26. The Morgan fingerprint density at radius 2 is 1.85 bits per heavy atom. The average molecular weight is 575 g/mol. The van der Waals surface area contributed by atoms with Crippen molar-refractivity contribution in [2.45, 2.75) is 46.0 Å². The molecule has 0 spiro atoms. The second kappa shape index (κ2) is 12.5. The van der Waals surface area contributed by atoms with Gasteiger partial charge in [-0.15, -0.1) is 4.80 Å². The van der Waals surface area contributed by atoms with Gasteiger partial charge >= 0.3 is 5.69 Å². The lowest BCUT2D eigenvalue weighted by Crippen LogP contribution is -2.45. The Morgan fingerprint density at radius 3 is 2.50 bits per heavy atom. The minimum absolute atomic E-state index is 0.114. The van der Waals surface area contributed by atoms with Crippen molar-refractivity contribution in [1.29, 1.82) is 0 Å². The summed E-state index contributed by atoms with van der Waals surface area (Å²) in [7, 11) is 2.97. The molecule has 0 aliphatic heterocycles. The molecule has 3 heterocycles. The Balaban J connectivity index is 1.94. The zero-order chi connectivity index (χ0) is 29.0. The first-order chi connectivity index (χ1) is 19.2. The van der Waals surface area contributed by atoms with Gasteiger partial charge in [0.2, 0.25) is 5.91 Å². The number of aryl methyl sites for hydroxylation is 1. The van der Waals surface area contributed by atoms with E-state index in [-0.39, 0.29) is 31.2 Å². The number of rotatable bonds is 12. The maximum absolute atomic E-state index is 14.4. The van der Waals surface area contributed by atoms with E-state index in [9.17, 15) is 18.8 Å². The molecule has 1 amide bonds. The molecular weight excluding hydrogens is 543 g/mol. The predicted molar refractivity (Wildman–Crippen MR) is 147 cm³/mol. The molecule has 0 aliphatic carbocycles. The van der Waals surface area contributed by atoms with Gasteiger partial charge in [0, 0.05) is 24.3 Å². The predicted octanol–water partition coefficient (Wildman–Crippen LogP) is 2.19. The van der Waals surface area contributed by atoms with Gasteiger partial charge in [0.25, 0.3) is 5.56 Å². The largest absolute Gasteiger partial charge is 0.496 e. The molecule has 40 heavy (non-hydrogen) atoms. The number of aromatic nitrogens is 5. The molecular formula is C26H31FN6O6S. The lowest BCUT2D eigenvalue weighted by molar-refractivity contribution is -0.122. The van der Waals surface area contributed by atoms with E-state index in [0.717, 1.165) is 15.9 Å². The summed E-state index contributed by atoms with van der Waals surface area (Å²) in [6, 6.07) is 3.83. The number of ether oxygens (including phenoxy) is 3. The van der Waals surface area contributed by atoms with Crippen molar-refractivity contribution < 1.29 is 23.4 Å². The average Bonchev–Trinajstić information content (AvgIpc) is 3.56. The number of carbonyl (C=O) groups excluding carboxylic acids is 1. The fourth-order valence-corrected chi connectivity index (χ4v) is 5.56. The first-order valence-electron chi connectivity index (χ1n) is 12.5. The van der Waals surface area contributed by atoms with Crippen LogP contribution < -0.4 is 21.3 Å². The van der Waals surface area contributed by atoms with E-state index in [2.05, 4.69) is 15.5 Å². The van der Waals surface area contributed by atoms with Gasteiger partial charge in [-0.25, -0.2) is 9.18 Å². The van der Waals surface area contributed by atoms with Gasteiger partial charge in [-0.05, 0) is 39.0 Å². The number of benzene rings is 1. The third-order valence-corrected chi connectivity index (χ3v) is 7.39. The molecule has 1 unspecified atom stereocenters. The third kappa shape index (κ3) is 5.98. The summed E-state index contributed by atoms with van der Waals surface area (Å²) in [6.45, 7) is 5.09. The SMILES string of the molecule is COCCOC(Cn1c(=O)n(CC(=O)NC(C)C)c(=O)c2c(C)c(-n3nccn3)sc21)c1cc(F)ccc1OC. The second-order valence-electron chi connectivity index (χ2n) is 9.28. The number of methoxy groups -OCH3 is 2. The van der Waals surface area contributed by atoms with Crippen LogP contribution in [0.5, 0.6) is 5.75 Å². The molecule has 0 radical (unpaired) electrons. The summed E-state index contributed by atoms with van der Waals surface area (Å²) in [5.74, 6) is -0.633. The van der Waals surface area contributed by atoms with Gasteiger partial charge in [0.05, 0.1) is 44.6 Å². The summed E-state index contributed by atoms with van der Waals surface area (Å²) in [6.07, 6.45) is 2.13. The zero-order valence-corrected chi connectivity index (χ0v) is 23.7. The van der Waals surface area contributed by atoms with Crippen molar-refractivity contribution in [1.82, 2.24) is 29.4 Å². The van der Waals surface area contributed by atoms with Crippen LogP contribution in [0.2, 0.25) is 0 Å². The Morgan fingerprint density at radius 1 is 1.12 bits per heavy atom. The Hall–Kier alpha value is -3.88. The molecule has 1 N–H and O–H groups in total. The molecule has 14 heteroatoms.